The second-order valence-corrected chi connectivity index (χ2v) is 6.99. The Balaban J connectivity index is 1.69. The van der Waals surface area contributed by atoms with E-state index >= 15 is 0 Å². The summed E-state index contributed by atoms with van der Waals surface area (Å²) in [5.74, 6) is -0.0669. The Bertz CT molecular complexity index is 786. The molecule has 0 saturated carbocycles. The maximum absolute atomic E-state index is 11.4. The highest BCUT2D eigenvalue weighted by molar-refractivity contribution is 6.40. The molecule has 130 valence electrons. The van der Waals surface area contributed by atoms with E-state index in [2.05, 4.69) is 22.5 Å². The van der Waals surface area contributed by atoms with Crippen LogP contribution in [0, 0.1) is 11.8 Å². The quantitative estimate of drug-likeness (QED) is 0.437. The average molecular weight is 344 g/mol. The first-order chi connectivity index (χ1) is 12.4. The van der Waals surface area contributed by atoms with Crippen molar-refractivity contribution in [2.24, 2.45) is 22.6 Å². The molecule has 4 radical (unpaired) electrons. The van der Waals surface area contributed by atoms with Crippen LogP contribution < -0.4 is 16.8 Å². The lowest BCUT2D eigenvalue weighted by molar-refractivity contribution is 0.100. The van der Waals surface area contributed by atoms with Crippen molar-refractivity contribution >= 4 is 33.5 Å². The number of piperidine rings is 1. The maximum Gasteiger partial charge on any atom is 0.250 e. The molecule has 3 rings (SSSR count). The van der Waals surface area contributed by atoms with Crippen LogP contribution in [0.4, 0.5) is 5.69 Å². The van der Waals surface area contributed by atoms with Crippen molar-refractivity contribution in [3.8, 4) is 0 Å². The summed E-state index contributed by atoms with van der Waals surface area (Å²) in [6.07, 6.45) is 9.43. The molecule has 0 bridgehead atoms. The summed E-state index contributed by atoms with van der Waals surface area (Å²) in [5, 5.41) is 2.73. The minimum atomic E-state index is -0.640. The Morgan fingerprint density at radius 2 is 2.19 bits per heavy atom. The molecule has 1 amide bonds. The number of nitrogens with one attached hydrogen (secondary N) is 1. The summed E-state index contributed by atoms with van der Waals surface area (Å²) in [7, 11) is 12.6. The number of primary amides is 1. The lowest BCUT2D eigenvalue weighted by atomic mass is 9.43. The van der Waals surface area contributed by atoms with Crippen molar-refractivity contribution in [3.05, 3.63) is 53.3 Å². The Labute approximate surface area is 156 Å². The zero-order valence-electron chi connectivity index (χ0n) is 14.7. The van der Waals surface area contributed by atoms with E-state index in [4.69, 9.17) is 27.2 Å². The predicted molar refractivity (Wildman–Crippen MR) is 107 cm³/mol. The predicted octanol–water partition coefficient (Wildman–Crippen LogP) is 1.31. The normalized spacial score (nSPS) is 25.2. The Hall–Kier alpha value is -2.27. The molecule has 2 atom stereocenters. The minimum absolute atomic E-state index is 0.192. The number of rotatable bonds is 4. The standard InChI is InChI=1S/C19H22B2N4O/c20-19(21)8-9-24-11-16(19)12-4-6-14(7-5-12)25-10-13-2-1-3-15(17(13)22)18(23)26/h1-4,6-7,10,12,16,24H,5,8-9,11,22H2,(H2,23,26)/t12-,16?/m0/s1. The largest absolute Gasteiger partial charge is 0.398 e. The first-order valence-corrected chi connectivity index (χ1v) is 8.77. The average Bonchev–Trinajstić information content (AvgIpc) is 2.61. The van der Waals surface area contributed by atoms with Gasteiger partial charge in [-0.2, -0.15) is 0 Å². The van der Waals surface area contributed by atoms with E-state index in [-0.39, 0.29) is 5.92 Å². The number of carbonyl (C=O) groups is 1. The van der Waals surface area contributed by atoms with Gasteiger partial charge in [0.05, 0.1) is 32.6 Å². The monoisotopic (exact) mass is 344 g/mol. The highest BCUT2D eigenvalue weighted by Crippen LogP contribution is 2.42. The molecule has 1 saturated heterocycles. The maximum atomic E-state index is 11.4. The van der Waals surface area contributed by atoms with E-state index in [0.29, 0.717) is 22.7 Å². The topological polar surface area (TPSA) is 93.5 Å². The van der Waals surface area contributed by atoms with E-state index in [1.807, 2.05) is 6.08 Å². The summed E-state index contributed by atoms with van der Waals surface area (Å²) < 4.78 is 0. The van der Waals surface area contributed by atoms with Crippen LogP contribution in [0.1, 0.15) is 28.8 Å². The van der Waals surface area contributed by atoms with E-state index in [9.17, 15) is 4.79 Å². The first-order valence-electron chi connectivity index (χ1n) is 8.77. The third-order valence-corrected chi connectivity index (χ3v) is 5.18. The van der Waals surface area contributed by atoms with Gasteiger partial charge in [0.2, 0.25) is 0 Å². The Morgan fingerprint density at radius 3 is 2.85 bits per heavy atom. The van der Waals surface area contributed by atoms with Gasteiger partial charge in [-0.15, -0.1) is 0 Å². The minimum Gasteiger partial charge on any atom is -0.398 e. The molecule has 0 aromatic heterocycles. The van der Waals surface area contributed by atoms with Crippen LogP contribution >= 0.6 is 0 Å². The summed E-state index contributed by atoms with van der Waals surface area (Å²) in [4.78, 5) is 15.8. The number of allylic oxidation sites excluding steroid dienone is 3. The van der Waals surface area contributed by atoms with Gasteiger partial charge in [0.1, 0.15) is 0 Å². The van der Waals surface area contributed by atoms with E-state index in [1.165, 1.54) is 0 Å². The van der Waals surface area contributed by atoms with Crippen LogP contribution in [0.2, 0.25) is 5.21 Å². The van der Waals surface area contributed by atoms with Crippen LogP contribution in [0.15, 0.2) is 47.1 Å². The Morgan fingerprint density at radius 1 is 1.38 bits per heavy atom. The number of benzene rings is 1. The highest BCUT2D eigenvalue weighted by Gasteiger charge is 2.35. The molecule has 2 aliphatic rings. The van der Waals surface area contributed by atoms with Gasteiger partial charge in [-0.3, -0.25) is 9.79 Å². The summed E-state index contributed by atoms with van der Waals surface area (Å²) in [6.45, 7) is 1.68. The number of nitrogens with two attached hydrogens (primary N) is 2. The van der Waals surface area contributed by atoms with E-state index in [1.54, 1.807) is 24.4 Å². The van der Waals surface area contributed by atoms with Crippen molar-refractivity contribution in [2.45, 2.75) is 18.1 Å². The zero-order valence-corrected chi connectivity index (χ0v) is 14.7. The third-order valence-electron chi connectivity index (χ3n) is 5.18. The molecule has 1 aromatic carbocycles. The molecule has 1 aliphatic carbocycles. The number of nitrogens with zero attached hydrogens (tertiary/aromatic N) is 1. The second-order valence-electron chi connectivity index (χ2n) is 6.99. The zero-order chi connectivity index (χ0) is 18.7. The molecule has 5 nitrogen and oxygen atoms in total. The number of aliphatic imine (C=N–C) groups is 1. The number of para-hydroxylation sites is 1. The third kappa shape index (κ3) is 3.93. The number of nitrogen functional groups attached to an aromatic ring is 1. The number of anilines is 1. The molecule has 0 spiro atoms. The van der Waals surface area contributed by atoms with Crippen molar-refractivity contribution in [2.75, 3.05) is 18.8 Å². The van der Waals surface area contributed by atoms with E-state index in [0.717, 1.165) is 31.6 Å². The number of carbonyl (C=O) groups excluding carboxylic acids is 1. The van der Waals surface area contributed by atoms with Gasteiger partial charge in [0.15, 0.2) is 0 Å². The van der Waals surface area contributed by atoms with Gasteiger partial charge in [0.25, 0.3) is 5.91 Å². The van der Waals surface area contributed by atoms with Crippen molar-refractivity contribution in [1.29, 1.82) is 0 Å². The molecular weight excluding hydrogens is 322 g/mol. The summed E-state index contributed by atoms with van der Waals surface area (Å²) in [5.41, 5.74) is 13.4. The van der Waals surface area contributed by atoms with E-state index < -0.39 is 11.1 Å². The molecule has 26 heavy (non-hydrogen) atoms. The highest BCUT2D eigenvalue weighted by atomic mass is 16.1. The number of hydrogen-bond donors (Lipinski definition) is 3. The molecule has 1 aliphatic heterocycles. The van der Waals surface area contributed by atoms with Crippen LogP contribution in [-0.2, 0) is 0 Å². The number of hydrogen-bond acceptors (Lipinski definition) is 4. The second kappa shape index (κ2) is 7.54. The SMILES string of the molecule is [B]C1([B])CCNCC1[C@H]1C=CC(N=Cc2cccc(C(N)=O)c2N)=CC1. The first kappa shape index (κ1) is 18.5. The summed E-state index contributed by atoms with van der Waals surface area (Å²) >= 11 is 0. The smallest absolute Gasteiger partial charge is 0.250 e. The molecular formula is C19H22B2N4O. The van der Waals surface area contributed by atoms with Crippen molar-refractivity contribution in [3.63, 3.8) is 0 Å². The number of amides is 1. The molecule has 1 fully saturated rings. The van der Waals surface area contributed by atoms with Gasteiger partial charge in [-0.05, 0) is 43.5 Å². The van der Waals surface area contributed by atoms with Gasteiger partial charge in [-0.1, -0.05) is 35.9 Å². The van der Waals surface area contributed by atoms with Gasteiger partial charge < -0.3 is 16.8 Å². The molecule has 5 N–H and O–H groups in total. The van der Waals surface area contributed by atoms with Crippen LogP contribution in [0.25, 0.3) is 0 Å². The molecule has 7 heteroatoms. The Kier molecular flexibility index (Phi) is 5.37. The fourth-order valence-corrected chi connectivity index (χ4v) is 3.56. The molecule has 1 aromatic rings. The fraction of sp³-hybridized carbons (Fsp3) is 0.368. The van der Waals surface area contributed by atoms with Crippen molar-refractivity contribution < 1.29 is 4.79 Å². The lowest BCUT2D eigenvalue weighted by Gasteiger charge is -2.44. The van der Waals surface area contributed by atoms with Crippen LogP contribution in [-0.4, -0.2) is 40.9 Å². The van der Waals surface area contributed by atoms with Gasteiger partial charge >= 0.3 is 0 Å². The van der Waals surface area contributed by atoms with Crippen LogP contribution in [0.3, 0.4) is 0 Å². The molecule has 1 heterocycles. The lowest BCUT2D eigenvalue weighted by Crippen LogP contribution is -2.44. The molecule has 1 unspecified atom stereocenters. The fourth-order valence-electron chi connectivity index (χ4n) is 3.56. The van der Waals surface area contributed by atoms with Crippen LogP contribution in [0.5, 0.6) is 0 Å². The van der Waals surface area contributed by atoms with Crippen molar-refractivity contribution in [1.82, 2.24) is 5.32 Å². The van der Waals surface area contributed by atoms with Gasteiger partial charge in [0, 0.05) is 11.8 Å². The summed E-state index contributed by atoms with van der Waals surface area (Å²) in [6, 6.07) is 5.13. The van der Waals surface area contributed by atoms with Gasteiger partial charge in [-0.25, -0.2) is 0 Å².